The molecule has 0 bridgehead atoms. The minimum absolute atomic E-state index is 0.0323. The number of carbonyl (C=O) groups is 1. The average molecular weight is 302 g/mol. The van der Waals surface area contributed by atoms with Crippen LogP contribution in [0, 0.1) is 0 Å². The molecule has 1 aromatic heterocycles. The summed E-state index contributed by atoms with van der Waals surface area (Å²) in [6, 6.07) is 0.462. The van der Waals surface area contributed by atoms with E-state index in [0.717, 1.165) is 24.6 Å². The van der Waals surface area contributed by atoms with Crippen LogP contribution in [-0.4, -0.2) is 65.2 Å². The molecular weight excluding hydrogens is 284 g/mol. The zero-order valence-corrected chi connectivity index (χ0v) is 12.7. The fourth-order valence-electron chi connectivity index (χ4n) is 2.14. The molecule has 0 amide bonds. The van der Waals surface area contributed by atoms with E-state index in [1.165, 1.54) is 29.5 Å². The zero-order valence-electron chi connectivity index (χ0n) is 11.1. The highest BCUT2D eigenvalue weighted by Crippen LogP contribution is 2.29. The first kappa shape index (κ1) is 14.5. The summed E-state index contributed by atoms with van der Waals surface area (Å²) in [5.74, 6) is -0.797. The number of anilines is 1. The van der Waals surface area contributed by atoms with Crippen LogP contribution in [0.4, 0.5) is 5.13 Å². The standard InChI is InChI=1S/C11H18N4O2S2/c1-14-5-3-4-8(6-14)15(2)10-12-13-11(19-10)18-7-9(16)17/h8H,3-7H2,1-2H3,(H,16,17). The van der Waals surface area contributed by atoms with Gasteiger partial charge < -0.3 is 14.9 Å². The minimum Gasteiger partial charge on any atom is -0.481 e. The molecule has 6 nitrogen and oxygen atoms in total. The number of likely N-dealkylation sites (N-methyl/N-ethyl adjacent to an activating group) is 2. The van der Waals surface area contributed by atoms with Gasteiger partial charge in [0.1, 0.15) is 0 Å². The molecule has 0 aromatic carbocycles. The van der Waals surface area contributed by atoms with Crippen molar-refractivity contribution in [2.75, 3.05) is 37.8 Å². The highest BCUT2D eigenvalue weighted by atomic mass is 32.2. The lowest BCUT2D eigenvalue weighted by atomic mass is 10.1. The van der Waals surface area contributed by atoms with Crippen LogP contribution in [0.15, 0.2) is 4.34 Å². The molecule has 0 spiro atoms. The lowest BCUT2D eigenvalue weighted by Crippen LogP contribution is -2.45. The molecule has 8 heteroatoms. The van der Waals surface area contributed by atoms with Crippen molar-refractivity contribution in [1.29, 1.82) is 0 Å². The SMILES string of the molecule is CN1CCCC(N(C)c2nnc(SCC(=O)O)s2)C1. The highest BCUT2D eigenvalue weighted by Gasteiger charge is 2.23. The van der Waals surface area contributed by atoms with Crippen LogP contribution in [0.3, 0.4) is 0 Å². The lowest BCUT2D eigenvalue weighted by Gasteiger charge is -2.35. The molecule has 1 saturated heterocycles. The Labute approximate surface area is 120 Å². The van der Waals surface area contributed by atoms with Gasteiger partial charge in [0, 0.05) is 19.6 Å². The Balaban J connectivity index is 1.95. The second-order valence-electron chi connectivity index (χ2n) is 4.70. The monoisotopic (exact) mass is 302 g/mol. The van der Waals surface area contributed by atoms with Crippen molar-refractivity contribution in [3.8, 4) is 0 Å². The van der Waals surface area contributed by atoms with E-state index >= 15 is 0 Å². The van der Waals surface area contributed by atoms with Gasteiger partial charge in [-0.15, -0.1) is 10.2 Å². The van der Waals surface area contributed by atoms with E-state index in [0.29, 0.717) is 10.4 Å². The Morgan fingerprint density at radius 1 is 1.63 bits per heavy atom. The number of carboxylic acid groups (broad SMARTS) is 1. The van der Waals surface area contributed by atoms with Gasteiger partial charge in [-0.25, -0.2) is 0 Å². The normalized spacial score (nSPS) is 20.4. The Morgan fingerprint density at radius 3 is 3.11 bits per heavy atom. The van der Waals surface area contributed by atoms with Crippen LogP contribution in [0.5, 0.6) is 0 Å². The number of thioether (sulfide) groups is 1. The number of nitrogens with zero attached hydrogens (tertiary/aromatic N) is 4. The van der Waals surface area contributed by atoms with Crippen molar-refractivity contribution in [3.63, 3.8) is 0 Å². The number of carboxylic acids is 1. The first-order valence-electron chi connectivity index (χ1n) is 6.15. The van der Waals surface area contributed by atoms with Crippen LogP contribution >= 0.6 is 23.1 Å². The maximum atomic E-state index is 10.5. The summed E-state index contributed by atoms with van der Waals surface area (Å²) < 4.78 is 0.716. The van der Waals surface area contributed by atoms with Gasteiger partial charge >= 0.3 is 5.97 Å². The average Bonchev–Trinajstić information content (AvgIpc) is 2.84. The molecule has 1 aliphatic heterocycles. The first-order chi connectivity index (χ1) is 9.06. The van der Waals surface area contributed by atoms with Crippen LogP contribution in [0.1, 0.15) is 12.8 Å². The Bertz CT molecular complexity index is 440. The molecule has 1 aromatic rings. The van der Waals surface area contributed by atoms with E-state index in [-0.39, 0.29) is 5.75 Å². The second kappa shape index (κ2) is 6.53. The second-order valence-corrected chi connectivity index (χ2v) is 6.88. The summed E-state index contributed by atoms with van der Waals surface area (Å²) >= 11 is 2.68. The van der Waals surface area contributed by atoms with Crippen LogP contribution in [0.2, 0.25) is 0 Å². The van der Waals surface area contributed by atoms with Crippen LogP contribution < -0.4 is 4.90 Å². The predicted molar refractivity (Wildman–Crippen MR) is 77.2 cm³/mol. The molecule has 1 atom stereocenters. The third-order valence-corrected chi connectivity index (χ3v) is 5.30. The van der Waals surface area contributed by atoms with Gasteiger partial charge in [0.05, 0.1) is 5.75 Å². The Kier molecular flexibility index (Phi) is 5.00. The fourth-order valence-corrected chi connectivity index (χ4v) is 3.73. The summed E-state index contributed by atoms with van der Waals surface area (Å²) in [5, 5.41) is 17.7. The molecule has 106 valence electrons. The molecular formula is C11H18N4O2S2. The van der Waals surface area contributed by atoms with E-state index in [4.69, 9.17) is 5.11 Å². The van der Waals surface area contributed by atoms with E-state index in [2.05, 4.69) is 27.0 Å². The third-order valence-electron chi connectivity index (χ3n) is 3.16. The summed E-state index contributed by atoms with van der Waals surface area (Å²) in [5.41, 5.74) is 0. The van der Waals surface area contributed by atoms with Gasteiger partial charge in [0.15, 0.2) is 4.34 Å². The lowest BCUT2D eigenvalue weighted by molar-refractivity contribution is -0.133. The molecule has 2 rings (SSSR count). The summed E-state index contributed by atoms with van der Waals surface area (Å²) in [6.07, 6.45) is 2.36. The van der Waals surface area contributed by atoms with Crippen molar-refractivity contribution in [1.82, 2.24) is 15.1 Å². The highest BCUT2D eigenvalue weighted by molar-refractivity contribution is 8.01. The molecule has 19 heavy (non-hydrogen) atoms. The van der Waals surface area contributed by atoms with Gasteiger partial charge in [-0.3, -0.25) is 4.79 Å². The van der Waals surface area contributed by atoms with Gasteiger partial charge in [0.25, 0.3) is 0 Å². The number of rotatable bonds is 5. The van der Waals surface area contributed by atoms with Crippen molar-refractivity contribution in [2.24, 2.45) is 0 Å². The van der Waals surface area contributed by atoms with E-state index in [9.17, 15) is 4.79 Å². The van der Waals surface area contributed by atoms with Crippen molar-refractivity contribution in [3.05, 3.63) is 0 Å². The van der Waals surface area contributed by atoms with Crippen molar-refractivity contribution < 1.29 is 9.90 Å². The topological polar surface area (TPSA) is 69.6 Å². The number of likely N-dealkylation sites (tertiary alicyclic amines) is 1. The first-order valence-corrected chi connectivity index (χ1v) is 7.96. The third kappa shape index (κ3) is 4.05. The van der Waals surface area contributed by atoms with E-state index < -0.39 is 5.97 Å². The number of hydrogen-bond donors (Lipinski definition) is 1. The molecule has 0 saturated carbocycles. The Hall–Kier alpha value is -0.860. The van der Waals surface area contributed by atoms with Crippen LogP contribution in [0.25, 0.3) is 0 Å². The van der Waals surface area contributed by atoms with E-state index in [1.54, 1.807) is 0 Å². The Morgan fingerprint density at radius 2 is 2.42 bits per heavy atom. The molecule has 1 fully saturated rings. The molecule has 1 N–H and O–H groups in total. The molecule has 1 aliphatic rings. The minimum atomic E-state index is -0.830. The summed E-state index contributed by atoms with van der Waals surface area (Å²) in [7, 11) is 4.17. The number of aliphatic carboxylic acids is 1. The van der Waals surface area contributed by atoms with Gasteiger partial charge in [-0.2, -0.15) is 0 Å². The maximum absolute atomic E-state index is 10.5. The van der Waals surface area contributed by atoms with E-state index in [1.807, 2.05) is 7.05 Å². The summed E-state index contributed by atoms with van der Waals surface area (Å²) in [4.78, 5) is 15.0. The smallest absolute Gasteiger partial charge is 0.313 e. The summed E-state index contributed by atoms with van der Waals surface area (Å²) in [6.45, 7) is 2.19. The molecule has 2 heterocycles. The zero-order chi connectivity index (χ0) is 13.8. The van der Waals surface area contributed by atoms with Gasteiger partial charge in [-0.1, -0.05) is 23.1 Å². The number of aromatic nitrogens is 2. The number of piperidine rings is 1. The molecule has 1 unspecified atom stereocenters. The fraction of sp³-hybridized carbons (Fsp3) is 0.727. The molecule has 0 aliphatic carbocycles. The molecule has 0 radical (unpaired) electrons. The van der Waals surface area contributed by atoms with Crippen molar-refractivity contribution >= 4 is 34.2 Å². The van der Waals surface area contributed by atoms with Gasteiger partial charge in [-0.05, 0) is 26.4 Å². The quantitative estimate of drug-likeness (QED) is 0.821. The van der Waals surface area contributed by atoms with Crippen LogP contribution in [-0.2, 0) is 4.79 Å². The largest absolute Gasteiger partial charge is 0.481 e. The predicted octanol–water partition coefficient (Wildman–Crippen LogP) is 1.25. The van der Waals surface area contributed by atoms with Gasteiger partial charge in [0.2, 0.25) is 5.13 Å². The number of hydrogen-bond acceptors (Lipinski definition) is 7. The maximum Gasteiger partial charge on any atom is 0.313 e. The van der Waals surface area contributed by atoms with Crippen molar-refractivity contribution in [2.45, 2.75) is 23.2 Å².